The summed E-state index contributed by atoms with van der Waals surface area (Å²) < 4.78 is 12.3. The van der Waals surface area contributed by atoms with Gasteiger partial charge in [-0.3, -0.25) is 0 Å². The van der Waals surface area contributed by atoms with Crippen molar-refractivity contribution in [1.29, 1.82) is 0 Å². The van der Waals surface area contributed by atoms with Crippen molar-refractivity contribution in [2.45, 2.75) is 34.2 Å². The first-order chi connectivity index (χ1) is 11.1. The maximum absolute atomic E-state index is 5.72. The highest BCUT2D eigenvalue weighted by atomic mass is 79.9. The van der Waals surface area contributed by atoms with E-state index in [-0.39, 0.29) is 0 Å². The Labute approximate surface area is 147 Å². The van der Waals surface area contributed by atoms with E-state index in [1.807, 2.05) is 19.9 Å². The number of anilines is 1. The summed E-state index contributed by atoms with van der Waals surface area (Å²) >= 11 is 3.59. The molecule has 2 aromatic carbocycles. The van der Waals surface area contributed by atoms with Gasteiger partial charge in [-0.1, -0.05) is 12.1 Å². The first kappa shape index (κ1) is 17.7. The minimum absolute atomic E-state index is 0.610. The Kier molecular flexibility index (Phi) is 6.34. The molecule has 23 heavy (non-hydrogen) atoms. The van der Waals surface area contributed by atoms with Crippen LogP contribution in [0.15, 0.2) is 34.8 Å². The summed E-state index contributed by atoms with van der Waals surface area (Å²) in [6.07, 6.45) is 0. The van der Waals surface area contributed by atoms with Crippen LogP contribution < -0.4 is 14.8 Å². The second-order valence-corrected chi connectivity index (χ2v) is 6.23. The highest BCUT2D eigenvalue weighted by molar-refractivity contribution is 9.10. The Morgan fingerprint density at radius 3 is 2.48 bits per heavy atom. The van der Waals surface area contributed by atoms with E-state index in [4.69, 9.17) is 9.47 Å². The Bertz CT molecular complexity index is 671. The van der Waals surface area contributed by atoms with Gasteiger partial charge in [0.05, 0.1) is 17.7 Å². The maximum Gasteiger partial charge on any atom is 0.175 e. The number of nitrogens with one attached hydrogen (secondary N) is 1. The Morgan fingerprint density at radius 2 is 1.78 bits per heavy atom. The van der Waals surface area contributed by atoms with Gasteiger partial charge in [0.1, 0.15) is 0 Å². The van der Waals surface area contributed by atoms with Crippen LogP contribution in [0.25, 0.3) is 0 Å². The van der Waals surface area contributed by atoms with Crippen LogP contribution in [0.3, 0.4) is 0 Å². The number of hydrogen-bond donors (Lipinski definition) is 1. The van der Waals surface area contributed by atoms with Gasteiger partial charge in [-0.25, -0.2) is 0 Å². The van der Waals surface area contributed by atoms with Crippen LogP contribution in [0.2, 0.25) is 0 Å². The first-order valence-electron chi connectivity index (χ1n) is 7.94. The maximum atomic E-state index is 5.72. The van der Waals surface area contributed by atoms with E-state index in [1.54, 1.807) is 0 Å². The number of ether oxygens (including phenoxy) is 2. The summed E-state index contributed by atoms with van der Waals surface area (Å²) in [6, 6.07) is 10.4. The molecule has 0 heterocycles. The molecule has 0 aliphatic carbocycles. The van der Waals surface area contributed by atoms with Crippen molar-refractivity contribution in [2.24, 2.45) is 0 Å². The van der Waals surface area contributed by atoms with E-state index in [1.165, 1.54) is 11.1 Å². The number of hydrogen-bond acceptors (Lipinski definition) is 3. The zero-order valence-electron chi connectivity index (χ0n) is 14.2. The molecular weight excluding hydrogens is 354 g/mol. The lowest BCUT2D eigenvalue weighted by atomic mass is 10.1. The summed E-state index contributed by atoms with van der Waals surface area (Å²) in [5.41, 5.74) is 4.87. The molecule has 1 N–H and O–H groups in total. The largest absolute Gasteiger partial charge is 0.490 e. The normalized spacial score (nSPS) is 10.5. The van der Waals surface area contributed by atoms with Crippen molar-refractivity contribution in [1.82, 2.24) is 0 Å². The van der Waals surface area contributed by atoms with Crippen molar-refractivity contribution < 1.29 is 9.47 Å². The van der Waals surface area contributed by atoms with Crippen LogP contribution in [0.4, 0.5) is 5.69 Å². The molecule has 0 unspecified atom stereocenters. The lowest BCUT2D eigenvalue weighted by Gasteiger charge is -2.16. The highest BCUT2D eigenvalue weighted by Gasteiger charge is 2.12. The topological polar surface area (TPSA) is 30.5 Å². The van der Waals surface area contributed by atoms with Gasteiger partial charge < -0.3 is 14.8 Å². The zero-order valence-corrected chi connectivity index (χ0v) is 15.8. The average molecular weight is 378 g/mol. The fraction of sp³-hybridized carbons (Fsp3) is 0.368. The first-order valence-corrected chi connectivity index (χ1v) is 8.74. The van der Waals surface area contributed by atoms with Gasteiger partial charge in [-0.15, -0.1) is 0 Å². The molecule has 0 amide bonds. The van der Waals surface area contributed by atoms with Gasteiger partial charge in [0, 0.05) is 12.2 Å². The minimum atomic E-state index is 0.610. The third-order valence-electron chi connectivity index (χ3n) is 3.75. The Morgan fingerprint density at radius 1 is 1.04 bits per heavy atom. The number of aryl methyl sites for hydroxylation is 1. The van der Waals surface area contributed by atoms with E-state index in [2.05, 4.69) is 59.4 Å². The van der Waals surface area contributed by atoms with Gasteiger partial charge >= 0.3 is 0 Å². The third-order valence-corrected chi connectivity index (χ3v) is 4.33. The van der Waals surface area contributed by atoms with Crippen molar-refractivity contribution in [2.75, 3.05) is 18.5 Å². The van der Waals surface area contributed by atoms with Crippen LogP contribution in [0, 0.1) is 13.8 Å². The van der Waals surface area contributed by atoms with Gasteiger partial charge in [-0.2, -0.15) is 0 Å². The summed E-state index contributed by atoms with van der Waals surface area (Å²) in [5.74, 6) is 1.55. The Hall–Kier alpha value is -1.68. The molecule has 0 spiro atoms. The standard InChI is InChI=1S/C19H24BrNO2/c1-5-22-18-11-15(10-16(20)19(18)23-6-2)12-21-17-9-7-8-13(3)14(17)4/h7-11,21H,5-6,12H2,1-4H3. The number of rotatable bonds is 7. The molecule has 3 nitrogen and oxygen atoms in total. The monoisotopic (exact) mass is 377 g/mol. The number of benzene rings is 2. The van der Waals surface area contributed by atoms with Crippen molar-refractivity contribution in [3.05, 3.63) is 51.5 Å². The van der Waals surface area contributed by atoms with Crippen LogP contribution in [-0.4, -0.2) is 13.2 Å². The fourth-order valence-electron chi connectivity index (χ4n) is 2.41. The SMILES string of the molecule is CCOc1cc(CNc2cccc(C)c2C)cc(Br)c1OCC. The lowest BCUT2D eigenvalue weighted by molar-refractivity contribution is 0.286. The van der Waals surface area contributed by atoms with E-state index in [0.29, 0.717) is 13.2 Å². The molecule has 0 aliphatic heterocycles. The van der Waals surface area contributed by atoms with Crippen molar-refractivity contribution >= 4 is 21.6 Å². The molecule has 0 radical (unpaired) electrons. The molecule has 0 bridgehead atoms. The molecule has 2 aromatic rings. The molecule has 2 rings (SSSR count). The van der Waals surface area contributed by atoms with Crippen LogP contribution >= 0.6 is 15.9 Å². The van der Waals surface area contributed by atoms with E-state index < -0.39 is 0 Å². The predicted molar refractivity (Wildman–Crippen MR) is 99.7 cm³/mol. The summed E-state index contributed by atoms with van der Waals surface area (Å²) in [4.78, 5) is 0. The van der Waals surface area contributed by atoms with Crippen molar-refractivity contribution in [3.63, 3.8) is 0 Å². The molecule has 0 fully saturated rings. The molecule has 0 aromatic heterocycles. The Balaban J connectivity index is 2.21. The molecule has 0 aliphatic rings. The smallest absolute Gasteiger partial charge is 0.175 e. The minimum Gasteiger partial charge on any atom is -0.490 e. The van der Waals surface area contributed by atoms with Crippen LogP contribution in [0.1, 0.15) is 30.5 Å². The quantitative estimate of drug-likeness (QED) is 0.693. The van der Waals surface area contributed by atoms with E-state index in [0.717, 1.165) is 33.8 Å². The summed E-state index contributed by atoms with van der Waals surface area (Å²) in [6.45, 7) is 10.2. The zero-order chi connectivity index (χ0) is 16.8. The van der Waals surface area contributed by atoms with Gasteiger partial charge in [0.2, 0.25) is 0 Å². The summed E-state index contributed by atoms with van der Waals surface area (Å²) in [7, 11) is 0. The molecule has 0 atom stereocenters. The van der Waals surface area contributed by atoms with E-state index in [9.17, 15) is 0 Å². The third kappa shape index (κ3) is 4.41. The van der Waals surface area contributed by atoms with Crippen LogP contribution in [0.5, 0.6) is 11.5 Å². The van der Waals surface area contributed by atoms with Gasteiger partial charge in [0.15, 0.2) is 11.5 Å². The number of halogens is 1. The molecule has 124 valence electrons. The predicted octanol–water partition coefficient (Wildman–Crippen LogP) is 5.48. The highest BCUT2D eigenvalue weighted by Crippen LogP contribution is 2.37. The second kappa shape index (κ2) is 8.25. The molecule has 0 saturated carbocycles. The lowest BCUT2D eigenvalue weighted by Crippen LogP contribution is -2.04. The molecule has 0 saturated heterocycles. The molecular formula is C19H24BrNO2. The average Bonchev–Trinajstić information content (AvgIpc) is 2.52. The van der Waals surface area contributed by atoms with E-state index >= 15 is 0 Å². The second-order valence-electron chi connectivity index (χ2n) is 5.37. The van der Waals surface area contributed by atoms with Crippen molar-refractivity contribution in [3.8, 4) is 11.5 Å². The summed E-state index contributed by atoms with van der Waals surface area (Å²) in [5, 5.41) is 3.50. The molecule has 4 heteroatoms. The fourth-order valence-corrected chi connectivity index (χ4v) is 3.01. The van der Waals surface area contributed by atoms with Crippen LogP contribution in [-0.2, 0) is 6.54 Å². The van der Waals surface area contributed by atoms with Gasteiger partial charge in [0.25, 0.3) is 0 Å². The van der Waals surface area contributed by atoms with Gasteiger partial charge in [-0.05, 0) is 78.5 Å².